The van der Waals surface area contributed by atoms with Gasteiger partial charge in [-0.15, -0.1) is 24.0 Å². The van der Waals surface area contributed by atoms with Gasteiger partial charge in [-0.3, -0.25) is 9.89 Å². The molecule has 0 radical (unpaired) electrons. The van der Waals surface area contributed by atoms with E-state index in [1.807, 2.05) is 0 Å². The number of nitrogens with zero attached hydrogens (tertiary/aromatic N) is 3. The molecule has 2 fully saturated rings. The van der Waals surface area contributed by atoms with Gasteiger partial charge in [0.25, 0.3) is 0 Å². The molecule has 0 amide bonds. The minimum atomic E-state index is 0. The van der Waals surface area contributed by atoms with E-state index in [4.69, 9.17) is 4.99 Å². The summed E-state index contributed by atoms with van der Waals surface area (Å²) >= 11 is 0. The third-order valence-electron chi connectivity index (χ3n) is 5.55. The average molecular weight is 451 g/mol. The molecule has 2 N–H and O–H groups in total. The number of hydrogen-bond acceptors (Lipinski definition) is 3. The third-order valence-corrected chi connectivity index (χ3v) is 5.55. The van der Waals surface area contributed by atoms with Crippen molar-refractivity contribution in [2.45, 2.75) is 58.0 Å². The Bertz CT molecular complexity index is 368. The van der Waals surface area contributed by atoms with Gasteiger partial charge < -0.3 is 15.5 Å². The van der Waals surface area contributed by atoms with E-state index in [2.05, 4.69) is 48.4 Å². The summed E-state index contributed by atoms with van der Waals surface area (Å²) in [6, 6.07) is 1.13. The van der Waals surface area contributed by atoms with Crippen molar-refractivity contribution < 1.29 is 0 Å². The first-order valence-electron chi connectivity index (χ1n) is 9.56. The lowest BCUT2D eigenvalue weighted by Crippen LogP contribution is -2.52. The SMILES string of the molecule is CCNC(=NCC1CN(C)CCN1C)NC1CCC(CC)CC1.I. The van der Waals surface area contributed by atoms with E-state index in [0.29, 0.717) is 12.1 Å². The second kappa shape index (κ2) is 11.5. The summed E-state index contributed by atoms with van der Waals surface area (Å²) in [5, 5.41) is 7.10. The molecule has 6 heteroatoms. The van der Waals surface area contributed by atoms with Crippen LogP contribution in [0.4, 0.5) is 0 Å². The summed E-state index contributed by atoms with van der Waals surface area (Å²) in [6.07, 6.45) is 6.64. The van der Waals surface area contributed by atoms with Crippen molar-refractivity contribution in [1.82, 2.24) is 20.4 Å². The van der Waals surface area contributed by atoms with Crippen molar-refractivity contribution in [2.24, 2.45) is 10.9 Å². The van der Waals surface area contributed by atoms with Gasteiger partial charge >= 0.3 is 0 Å². The summed E-state index contributed by atoms with van der Waals surface area (Å²) in [7, 11) is 4.43. The largest absolute Gasteiger partial charge is 0.357 e. The standard InChI is InChI=1S/C18H37N5.HI/c1-5-15-7-9-16(10-8-15)21-18(19-6-2)20-13-17-14-22(3)11-12-23(17)4;/h15-17H,5-14H2,1-4H3,(H2,19,20,21);1H. The molecular formula is C18H38IN5. The molecule has 0 spiro atoms. The first-order valence-corrected chi connectivity index (χ1v) is 9.56. The lowest BCUT2D eigenvalue weighted by Gasteiger charge is -2.37. The van der Waals surface area contributed by atoms with Crippen LogP contribution >= 0.6 is 24.0 Å². The number of hydrogen-bond donors (Lipinski definition) is 2. The molecule has 5 nitrogen and oxygen atoms in total. The Labute approximate surface area is 166 Å². The Morgan fingerprint density at radius 1 is 1.08 bits per heavy atom. The van der Waals surface area contributed by atoms with E-state index < -0.39 is 0 Å². The van der Waals surface area contributed by atoms with E-state index in [9.17, 15) is 0 Å². The van der Waals surface area contributed by atoms with Gasteiger partial charge in [0.2, 0.25) is 0 Å². The smallest absolute Gasteiger partial charge is 0.191 e. The van der Waals surface area contributed by atoms with Crippen LogP contribution in [-0.4, -0.2) is 74.7 Å². The minimum absolute atomic E-state index is 0. The summed E-state index contributed by atoms with van der Waals surface area (Å²) in [5.41, 5.74) is 0. The van der Waals surface area contributed by atoms with Crippen LogP contribution in [0.2, 0.25) is 0 Å². The molecule has 1 atom stereocenters. The van der Waals surface area contributed by atoms with Gasteiger partial charge in [0.1, 0.15) is 0 Å². The maximum atomic E-state index is 4.88. The maximum Gasteiger partial charge on any atom is 0.191 e. The fourth-order valence-electron chi connectivity index (χ4n) is 3.72. The number of nitrogens with one attached hydrogen (secondary N) is 2. The zero-order chi connectivity index (χ0) is 16.7. The second-order valence-electron chi connectivity index (χ2n) is 7.39. The Balaban J connectivity index is 0.00000288. The molecule has 1 saturated heterocycles. The van der Waals surface area contributed by atoms with Gasteiger partial charge in [-0.1, -0.05) is 13.3 Å². The van der Waals surface area contributed by atoms with Crippen molar-refractivity contribution in [2.75, 3.05) is 46.8 Å². The fraction of sp³-hybridized carbons (Fsp3) is 0.944. The van der Waals surface area contributed by atoms with Crippen LogP contribution in [-0.2, 0) is 0 Å². The molecular weight excluding hydrogens is 413 g/mol. The number of halogens is 1. The zero-order valence-corrected chi connectivity index (χ0v) is 18.4. The molecule has 2 aliphatic rings. The number of aliphatic imine (C=N–C) groups is 1. The Morgan fingerprint density at radius 2 is 1.79 bits per heavy atom. The number of piperazine rings is 1. The number of guanidine groups is 1. The Kier molecular flexibility index (Phi) is 10.5. The molecule has 1 heterocycles. The molecule has 0 bridgehead atoms. The molecule has 24 heavy (non-hydrogen) atoms. The lowest BCUT2D eigenvalue weighted by molar-refractivity contribution is 0.119. The van der Waals surface area contributed by atoms with Gasteiger partial charge in [-0.25, -0.2) is 0 Å². The minimum Gasteiger partial charge on any atom is -0.357 e. The van der Waals surface area contributed by atoms with E-state index >= 15 is 0 Å². The number of rotatable bonds is 5. The van der Waals surface area contributed by atoms with E-state index in [1.54, 1.807) is 0 Å². The van der Waals surface area contributed by atoms with Crippen molar-refractivity contribution in [3.05, 3.63) is 0 Å². The Hall–Kier alpha value is -0.0800. The molecule has 1 saturated carbocycles. The number of likely N-dealkylation sites (N-methyl/N-ethyl adjacent to an activating group) is 2. The van der Waals surface area contributed by atoms with Crippen molar-refractivity contribution >= 4 is 29.9 Å². The van der Waals surface area contributed by atoms with E-state index in [-0.39, 0.29) is 24.0 Å². The average Bonchev–Trinajstić information content (AvgIpc) is 2.56. The van der Waals surface area contributed by atoms with Crippen LogP contribution in [0, 0.1) is 5.92 Å². The van der Waals surface area contributed by atoms with Crippen molar-refractivity contribution in [3.63, 3.8) is 0 Å². The molecule has 0 aromatic carbocycles. The predicted molar refractivity (Wildman–Crippen MR) is 114 cm³/mol. The highest BCUT2D eigenvalue weighted by Gasteiger charge is 2.23. The van der Waals surface area contributed by atoms with Gasteiger partial charge in [0.15, 0.2) is 5.96 Å². The van der Waals surface area contributed by atoms with Crippen LogP contribution in [0.1, 0.15) is 46.0 Å². The highest BCUT2D eigenvalue weighted by molar-refractivity contribution is 14.0. The highest BCUT2D eigenvalue weighted by atomic mass is 127. The molecule has 0 aromatic heterocycles. The molecule has 1 aliphatic heterocycles. The molecule has 1 unspecified atom stereocenters. The zero-order valence-electron chi connectivity index (χ0n) is 16.1. The molecule has 2 rings (SSSR count). The predicted octanol–water partition coefficient (Wildman–Crippen LogP) is 2.37. The van der Waals surface area contributed by atoms with Crippen molar-refractivity contribution in [3.8, 4) is 0 Å². The van der Waals surface area contributed by atoms with E-state index in [0.717, 1.165) is 44.6 Å². The summed E-state index contributed by atoms with van der Waals surface area (Å²) < 4.78 is 0. The monoisotopic (exact) mass is 451 g/mol. The Morgan fingerprint density at radius 3 is 2.42 bits per heavy atom. The molecule has 0 aromatic rings. The topological polar surface area (TPSA) is 42.9 Å². The van der Waals surface area contributed by atoms with Gasteiger partial charge in [-0.2, -0.15) is 0 Å². The van der Waals surface area contributed by atoms with Crippen LogP contribution in [0.15, 0.2) is 4.99 Å². The first kappa shape index (κ1) is 22.0. The lowest BCUT2D eigenvalue weighted by atomic mass is 9.84. The summed E-state index contributed by atoms with van der Waals surface area (Å²) in [4.78, 5) is 9.73. The van der Waals surface area contributed by atoms with Crippen LogP contribution < -0.4 is 10.6 Å². The van der Waals surface area contributed by atoms with Gasteiger partial charge in [0, 0.05) is 38.3 Å². The van der Waals surface area contributed by atoms with Crippen LogP contribution in [0.5, 0.6) is 0 Å². The quantitative estimate of drug-likeness (QED) is 0.383. The molecule has 1 aliphatic carbocycles. The first-order chi connectivity index (χ1) is 11.1. The van der Waals surface area contributed by atoms with E-state index in [1.165, 1.54) is 32.1 Å². The van der Waals surface area contributed by atoms with Crippen molar-refractivity contribution in [1.29, 1.82) is 0 Å². The second-order valence-corrected chi connectivity index (χ2v) is 7.39. The maximum absolute atomic E-state index is 4.88. The third kappa shape index (κ3) is 7.04. The summed E-state index contributed by atoms with van der Waals surface area (Å²) in [6.45, 7) is 9.68. The molecule has 142 valence electrons. The fourth-order valence-corrected chi connectivity index (χ4v) is 3.72. The normalized spacial score (nSPS) is 29.8. The van der Waals surface area contributed by atoms with Gasteiger partial charge in [0.05, 0.1) is 6.54 Å². The highest BCUT2D eigenvalue weighted by Crippen LogP contribution is 2.26. The van der Waals surface area contributed by atoms with Crippen LogP contribution in [0.25, 0.3) is 0 Å². The summed E-state index contributed by atoms with van der Waals surface area (Å²) in [5.74, 6) is 1.95. The van der Waals surface area contributed by atoms with Gasteiger partial charge in [-0.05, 0) is 52.6 Å². The van der Waals surface area contributed by atoms with Crippen LogP contribution in [0.3, 0.4) is 0 Å².